The van der Waals surface area contributed by atoms with Gasteiger partial charge in [0.15, 0.2) is 0 Å². The Morgan fingerprint density at radius 2 is 2.24 bits per heavy atom. The summed E-state index contributed by atoms with van der Waals surface area (Å²) < 4.78 is 10.9. The summed E-state index contributed by atoms with van der Waals surface area (Å²) in [4.78, 5) is 26.8. The van der Waals surface area contributed by atoms with E-state index >= 15 is 0 Å². The second-order valence-corrected chi connectivity index (χ2v) is 6.52. The molecule has 3 aliphatic heterocycles. The van der Waals surface area contributed by atoms with E-state index < -0.39 is 6.04 Å². The van der Waals surface area contributed by atoms with Gasteiger partial charge in [-0.25, -0.2) is 4.79 Å². The van der Waals surface area contributed by atoms with E-state index in [4.69, 9.17) is 9.47 Å². The molecule has 1 saturated heterocycles. The van der Waals surface area contributed by atoms with Gasteiger partial charge < -0.3 is 25.0 Å². The van der Waals surface area contributed by atoms with Crippen LogP contribution in [0.15, 0.2) is 35.5 Å². The van der Waals surface area contributed by atoms with E-state index in [1.807, 2.05) is 24.3 Å². The Labute approximate surface area is 146 Å². The number of nitrogens with zero attached hydrogens (tertiary/aromatic N) is 1. The summed E-state index contributed by atoms with van der Waals surface area (Å²) in [5.74, 6) is 0.639. The molecule has 7 heteroatoms. The van der Waals surface area contributed by atoms with Gasteiger partial charge in [0.25, 0.3) is 5.91 Å². The minimum Gasteiger partial charge on any atom is -0.497 e. The van der Waals surface area contributed by atoms with Gasteiger partial charge >= 0.3 is 6.03 Å². The van der Waals surface area contributed by atoms with Gasteiger partial charge in [-0.15, -0.1) is 0 Å². The number of rotatable bonds is 4. The maximum atomic E-state index is 13.0. The molecule has 3 aliphatic rings. The van der Waals surface area contributed by atoms with Crippen molar-refractivity contribution in [2.45, 2.75) is 25.0 Å². The number of hydrogen-bond donors (Lipinski definition) is 2. The maximum Gasteiger partial charge on any atom is 0.319 e. The van der Waals surface area contributed by atoms with Crippen LogP contribution in [0.25, 0.3) is 0 Å². The molecule has 0 spiro atoms. The average Bonchev–Trinajstić information content (AvgIpc) is 3.23. The van der Waals surface area contributed by atoms with E-state index in [0.717, 1.165) is 25.0 Å². The first-order valence-electron chi connectivity index (χ1n) is 8.51. The Kier molecular flexibility index (Phi) is 4.09. The van der Waals surface area contributed by atoms with Crippen LogP contribution in [0.5, 0.6) is 5.75 Å². The molecule has 3 amide bonds. The number of carbonyl (C=O) groups is 2. The Hall–Kier alpha value is -2.54. The third-order valence-corrected chi connectivity index (χ3v) is 4.90. The number of hydrogen-bond acceptors (Lipinski definition) is 4. The third-order valence-electron chi connectivity index (χ3n) is 4.90. The number of ether oxygens (including phenoxy) is 2. The SMILES string of the molecule is COc1cccc(C2NC(=O)NC3=C2C(=O)N(CC2CCCO2)C3)c1. The predicted molar refractivity (Wildman–Crippen MR) is 90.0 cm³/mol. The highest BCUT2D eigenvalue weighted by molar-refractivity contribution is 6.01. The summed E-state index contributed by atoms with van der Waals surface area (Å²) in [6.07, 6.45) is 2.09. The molecule has 0 radical (unpaired) electrons. The number of nitrogens with one attached hydrogen (secondary N) is 2. The Morgan fingerprint density at radius 1 is 1.36 bits per heavy atom. The zero-order chi connectivity index (χ0) is 17.4. The Balaban J connectivity index is 1.61. The van der Waals surface area contributed by atoms with Crippen molar-refractivity contribution in [3.05, 3.63) is 41.1 Å². The lowest BCUT2D eigenvalue weighted by Gasteiger charge is -2.26. The van der Waals surface area contributed by atoms with Crippen molar-refractivity contribution in [2.24, 2.45) is 0 Å². The average molecular weight is 343 g/mol. The number of urea groups is 1. The van der Waals surface area contributed by atoms with Crippen molar-refractivity contribution in [3.8, 4) is 5.75 Å². The lowest BCUT2D eigenvalue weighted by molar-refractivity contribution is -0.127. The minimum absolute atomic E-state index is 0.0502. The van der Waals surface area contributed by atoms with Crippen LogP contribution in [0.1, 0.15) is 24.4 Å². The van der Waals surface area contributed by atoms with Gasteiger partial charge in [-0.2, -0.15) is 0 Å². The van der Waals surface area contributed by atoms with Crippen LogP contribution < -0.4 is 15.4 Å². The molecule has 0 saturated carbocycles. The summed E-state index contributed by atoms with van der Waals surface area (Å²) in [6.45, 7) is 1.74. The molecule has 0 bridgehead atoms. The summed E-state index contributed by atoms with van der Waals surface area (Å²) in [5.41, 5.74) is 2.11. The van der Waals surface area contributed by atoms with Crippen LogP contribution in [0.3, 0.4) is 0 Å². The third kappa shape index (κ3) is 2.95. The monoisotopic (exact) mass is 343 g/mol. The van der Waals surface area contributed by atoms with Crippen LogP contribution in [-0.4, -0.2) is 49.7 Å². The van der Waals surface area contributed by atoms with Crippen molar-refractivity contribution in [1.82, 2.24) is 15.5 Å². The summed E-state index contributed by atoms with van der Waals surface area (Å²) in [7, 11) is 1.59. The smallest absolute Gasteiger partial charge is 0.319 e. The predicted octanol–water partition coefficient (Wildman–Crippen LogP) is 1.32. The van der Waals surface area contributed by atoms with Crippen molar-refractivity contribution in [3.63, 3.8) is 0 Å². The molecule has 1 fully saturated rings. The minimum atomic E-state index is -0.471. The van der Waals surface area contributed by atoms with E-state index in [0.29, 0.717) is 30.1 Å². The first-order chi connectivity index (χ1) is 12.2. The molecule has 4 rings (SSSR count). The molecule has 1 aromatic rings. The van der Waals surface area contributed by atoms with Crippen LogP contribution in [0.2, 0.25) is 0 Å². The van der Waals surface area contributed by atoms with E-state index in [1.165, 1.54) is 0 Å². The van der Waals surface area contributed by atoms with Crippen molar-refractivity contribution in [1.29, 1.82) is 0 Å². The van der Waals surface area contributed by atoms with Crippen LogP contribution in [0, 0.1) is 0 Å². The summed E-state index contributed by atoms with van der Waals surface area (Å²) in [5, 5.41) is 5.64. The van der Waals surface area contributed by atoms with Gasteiger partial charge in [-0.05, 0) is 30.5 Å². The van der Waals surface area contributed by atoms with E-state index in [9.17, 15) is 9.59 Å². The lowest BCUT2D eigenvalue weighted by atomic mass is 9.96. The van der Waals surface area contributed by atoms with Gasteiger partial charge in [0.2, 0.25) is 0 Å². The molecule has 2 atom stereocenters. The fourth-order valence-corrected chi connectivity index (χ4v) is 3.68. The van der Waals surface area contributed by atoms with E-state index in [-0.39, 0.29) is 18.0 Å². The van der Waals surface area contributed by atoms with Gasteiger partial charge in [0, 0.05) is 13.2 Å². The number of amides is 3. The van der Waals surface area contributed by atoms with Crippen LogP contribution in [0.4, 0.5) is 4.79 Å². The molecule has 25 heavy (non-hydrogen) atoms. The first-order valence-corrected chi connectivity index (χ1v) is 8.51. The molecular formula is C18H21N3O4. The number of benzene rings is 1. The van der Waals surface area contributed by atoms with Gasteiger partial charge in [-0.3, -0.25) is 4.79 Å². The quantitative estimate of drug-likeness (QED) is 0.864. The Bertz CT molecular complexity index is 740. The molecule has 7 nitrogen and oxygen atoms in total. The molecular weight excluding hydrogens is 322 g/mol. The van der Waals surface area contributed by atoms with Crippen LogP contribution >= 0.6 is 0 Å². The Morgan fingerprint density at radius 3 is 3.00 bits per heavy atom. The topological polar surface area (TPSA) is 79.9 Å². The second kappa shape index (κ2) is 6.40. The molecule has 3 heterocycles. The highest BCUT2D eigenvalue weighted by atomic mass is 16.5. The zero-order valence-corrected chi connectivity index (χ0v) is 14.1. The van der Waals surface area contributed by atoms with Gasteiger partial charge in [0.05, 0.1) is 37.1 Å². The van der Waals surface area contributed by atoms with Crippen molar-refractivity contribution >= 4 is 11.9 Å². The van der Waals surface area contributed by atoms with E-state index in [1.54, 1.807) is 12.0 Å². The molecule has 132 valence electrons. The molecule has 2 N–H and O–H groups in total. The summed E-state index contributed by atoms with van der Waals surface area (Å²) in [6, 6.07) is 6.66. The van der Waals surface area contributed by atoms with Crippen LogP contribution in [-0.2, 0) is 9.53 Å². The largest absolute Gasteiger partial charge is 0.497 e. The molecule has 2 unspecified atom stereocenters. The second-order valence-electron chi connectivity index (χ2n) is 6.52. The molecule has 0 aromatic heterocycles. The number of methoxy groups -OCH3 is 1. The van der Waals surface area contributed by atoms with Crippen molar-refractivity contribution in [2.75, 3.05) is 26.8 Å². The van der Waals surface area contributed by atoms with Crippen molar-refractivity contribution < 1.29 is 19.1 Å². The zero-order valence-electron chi connectivity index (χ0n) is 14.1. The first kappa shape index (κ1) is 16.0. The normalized spacial score (nSPS) is 25.7. The molecule has 0 aliphatic carbocycles. The fourth-order valence-electron chi connectivity index (χ4n) is 3.68. The van der Waals surface area contributed by atoms with Gasteiger partial charge in [-0.1, -0.05) is 12.1 Å². The highest BCUT2D eigenvalue weighted by Crippen LogP contribution is 2.34. The summed E-state index contributed by atoms with van der Waals surface area (Å²) >= 11 is 0. The molecule has 1 aromatic carbocycles. The number of carbonyl (C=O) groups excluding carboxylic acids is 2. The lowest BCUT2D eigenvalue weighted by Crippen LogP contribution is -2.44. The van der Waals surface area contributed by atoms with Gasteiger partial charge in [0.1, 0.15) is 5.75 Å². The standard InChI is InChI=1S/C18H21N3O4/c1-24-12-5-2-4-11(8-12)16-15-14(19-18(23)20-16)10-21(17(15)22)9-13-6-3-7-25-13/h2,4-5,8,13,16H,3,6-7,9-10H2,1H3,(H2,19,20,23). The van der Waals surface area contributed by atoms with E-state index in [2.05, 4.69) is 10.6 Å². The fraction of sp³-hybridized carbons (Fsp3) is 0.444. The maximum absolute atomic E-state index is 13.0. The highest BCUT2D eigenvalue weighted by Gasteiger charge is 2.41.